The van der Waals surface area contributed by atoms with Crippen LogP contribution >= 0.6 is 0 Å². The third-order valence-corrected chi connectivity index (χ3v) is 4.51. The summed E-state index contributed by atoms with van der Waals surface area (Å²) in [7, 11) is 3.06. The predicted molar refractivity (Wildman–Crippen MR) is 113 cm³/mol. The molecule has 0 spiro atoms. The number of hydrogen-bond acceptors (Lipinski definition) is 6. The summed E-state index contributed by atoms with van der Waals surface area (Å²) in [5, 5.41) is 5.58. The Labute approximate surface area is 177 Å². The van der Waals surface area contributed by atoms with E-state index in [0.29, 0.717) is 40.7 Å². The molecule has 2 rings (SSSR count). The molecule has 0 radical (unpaired) electrons. The lowest BCUT2D eigenvalue weighted by Crippen LogP contribution is -2.47. The molecule has 30 heavy (non-hydrogen) atoms. The minimum absolute atomic E-state index is 0.0933. The first kappa shape index (κ1) is 23.4. The van der Waals surface area contributed by atoms with E-state index in [0.717, 1.165) is 6.42 Å². The molecule has 1 unspecified atom stereocenters. The number of carbonyl (C=O) groups is 2. The molecule has 0 aliphatic carbocycles. The molecule has 8 heteroatoms. The Balaban J connectivity index is 2.64. The van der Waals surface area contributed by atoms with Crippen molar-refractivity contribution >= 4 is 12.0 Å². The van der Waals surface area contributed by atoms with E-state index in [2.05, 4.69) is 10.6 Å². The zero-order chi connectivity index (χ0) is 22.4. The maximum absolute atomic E-state index is 13.0. The maximum Gasteiger partial charge on any atom is 0.338 e. The first-order valence-electron chi connectivity index (χ1n) is 10.1. The summed E-state index contributed by atoms with van der Waals surface area (Å²) >= 11 is 0. The van der Waals surface area contributed by atoms with Crippen molar-refractivity contribution in [2.75, 3.05) is 20.8 Å². The van der Waals surface area contributed by atoms with E-state index < -0.39 is 18.0 Å². The number of amides is 2. The molecule has 8 nitrogen and oxygen atoms in total. The van der Waals surface area contributed by atoms with Gasteiger partial charge in [-0.15, -0.1) is 0 Å². The monoisotopic (exact) mass is 420 g/mol. The summed E-state index contributed by atoms with van der Waals surface area (Å²) in [5.41, 5.74) is 1.50. The number of ether oxygens (including phenoxy) is 4. The quantitative estimate of drug-likeness (QED) is 0.592. The molecule has 166 valence electrons. The van der Waals surface area contributed by atoms with Crippen molar-refractivity contribution in [2.24, 2.45) is 5.92 Å². The van der Waals surface area contributed by atoms with Gasteiger partial charge in [-0.1, -0.05) is 20.8 Å². The molecule has 0 bridgehead atoms. The van der Waals surface area contributed by atoms with E-state index in [1.165, 1.54) is 14.2 Å². The summed E-state index contributed by atoms with van der Waals surface area (Å²) in [6.07, 6.45) is 0.523. The summed E-state index contributed by atoms with van der Waals surface area (Å²) in [6.45, 7) is 9.88. The van der Waals surface area contributed by atoms with Crippen LogP contribution in [0.15, 0.2) is 23.4 Å². The fourth-order valence-electron chi connectivity index (χ4n) is 3.21. The van der Waals surface area contributed by atoms with Gasteiger partial charge in [-0.2, -0.15) is 0 Å². The largest absolute Gasteiger partial charge is 0.493 e. The minimum Gasteiger partial charge on any atom is -0.493 e. The van der Waals surface area contributed by atoms with Crippen molar-refractivity contribution in [3.8, 4) is 17.2 Å². The molecule has 1 heterocycles. The van der Waals surface area contributed by atoms with Crippen LogP contribution in [0.5, 0.6) is 17.2 Å². The van der Waals surface area contributed by atoms with E-state index in [9.17, 15) is 9.59 Å². The standard InChI is InChI=1S/C22H32N2O6/c1-8-9-29-20-15(27-6)10-14(11-16(20)28-7)19-17(21(25)30-13(4)5)18(12(2)3)23-22(26)24-19/h10-13,19H,8-9H2,1-7H3,(H2,23,24,26). The number of esters is 1. The second-order valence-corrected chi connectivity index (χ2v) is 7.57. The number of hydrogen-bond donors (Lipinski definition) is 2. The van der Waals surface area contributed by atoms with Gasteiger partial charge in [0.05, 0.1) is 38.5 Å². The van der Waals surface area contributed by atoms with Crippen LogP contribution < -0.4 is 24.8 Å². The van der Waals surface area contributed by atoms with Gasteiger partial charge in [0.25, 0.3) is 0 Å². The van der Waals surface area contributed by atoms with Crippen molar-refractivity contribution in [2.45, 2.75) is 53.2 Å². The van der Waals surface area contributed by atoms with E-state index in [1.807, 2.05) is 20.8 Å². The molecule has 1 aliphatic rings. The third-order valence-electron chi connectivity index (χ3n) is 4.51. The SMILES string of the molecule is CCCOc1c(OC)cc(C2NC(=O)NC(C(C)C)=C2C(=O)OC(C)C)cc1OC. The molecule has 0 aromatic heterocycles. The van der Waals surface area contributed by atoms with Gasteiger partial charge in [-0.05, 0) is 43.9 Å². The highest BCUT2D eigenvalue weighted by Crippen LogP contribution is 2.42. The van der Waals surface area contributed by atoms with Crippen LogP contribution in [0, 0.1) is 5.92 Å². The van der Waals surface area contributed by atoms with Gasteiger partial charge in [-0.25, -0.2) is 9.59 Å². The topological polar surface area (TPSA) is 95.1 Å². The molecule has 0 fully saturated rings. The highest BCUT2D eigenvalue weighted by Gasteiger charge is 2.36. The van der Waals surface area contributed by atoms with Crippen LogP contribution in [0.1, 0.15) is 52.6 Å². The Morgan fingerprint density at radius 3 is 2.17 bits per heavy atom. The average Bonchev–Trinajstić information content (AvgIpc) is 2.70. The van der Waals surface area contributed by atoms with Gasteiger partial charge in [0, 0.05) is 5.70 Å². The molecule has 1 aromatic carbocycles. The summed E-state index contributed by atoms with van der Waals surface area (Å²) in [6, 6.07) is 2.36. The first-order chi connectivity index (χ1) is 14.2. The highest BCUT2D eigenvalue weighted by molar-refractivity contribution is 5.95. The maximum atomic E-state index is 13.0. The Morgan fingerprint density at radius 1 is 1.10 bits per heavy atom. The van der Waals surface area contributed by atoms with E-state index in [1.54, 1.807) is 26.0 Å². The van der Waals surface area contributed by atoms with Crippen LogP contribution in [0.25, 0.3) is 0 Å². The van der Waals surface area contributed by atoms with Crippen LogP contribution in [0.4, 0.5) is 4.79 Å². The lowest BCUT2D eigenvalue weighted by Gasteiger charge is -2.31. The number of carbonyl (C=O) groups excluding carboxylic acids is 2. The van der Waals surface area contributed by atoms with Crippen LogP contribution in [-0.2, 0) is 9.53 Å². The number of urea groups is 1. The predicted octanol–water partition coefficient (Wildman–Crippen LogP) is 3.71. The minimum atomic E-state index is -0.731. The van der Waals surface area contributed by atoms with Crippen molar-refractivity contribution in [3.63, 3.8) is 0 Å². The Hall–Kier alpha value is -2.90. The fraction of sp³-hybridized carbons (Fsp3) is 0.545. The average molecular weight is 421 g/mol. The number of allylic oxidation sites excluding steroid dienone is 1. The van der Waals surface area contributed by atoms with E-state index >= 15 is 0 Å². The molecule has 1 aromatic rings. The Kier molecular flexibility index (Phi) is 7.97. The van der Waals surface area contributed by atoms with Crippen molar-refractivity contribution in [1.29, 1.82) is 0 Å². The molecule has 1 aliphatic heterocycles. The molecule has 1 atom stereocenters. The third kappa shape index (κ3) is 5.17. The van der Waals surface area contributed by atoms with E-state index in [-0.39, 0.29) is 12.0 Å². The van der Waals surface area contributed by atoms with Crippen molar-refractivity contribution in [3.05, 3.63) is 29.0 Å². The lowest BCUT2D eigenvalue weighted by molar-refractivity contribution is -0.143. The molecule has 2 N–H and O–H groups in total. The molecule has 2 amide bonds. The first-order valence-corrected chi connectivity index (χ1v) is 10.1. The van der Waals surface area contributed by atoms with Gasteiger partial charge < -0.3 is 29.6 Å². The smallest absolute Gasteiger partial charge is 0.338 e. The number of methoxy groups -OCH3 is 2. The summed E-state index contributed by atoms with van der Waals surface area (Å²) < 4.78 is 22.3. The number of nitrogens with one attached hydrogen (secondary N) is 2. The zero-order valence-corrected chi connectivity index (χ0v) is 18.8. The molecule has 0 saturated carbocycles. The van der Waals surface area contributed by atoms with Gasteiger partial charge in [0.15, 0.2) is 11.5 Å². The molecular weight excluding hydrogens is 388 g/mol. The Morgan fingerprint density at radius 2 is 1.70 bits per heavy atom. The van der Waals surface area contributed by atoms with Crippen LogP contribution in [0.2, 0.25) is 0 Å². The van der Waals surface area contributed by atoms with Gasteiger partial charge in [0.2, 0.25) is 5.75 Å². The Bertz CT molecular complexity index is 791. The molecule has 0 saturated heterocycles. The lowest BCUT2D eigenvalue weighted by atomic mass is 9.91. The molecular formula is C22H32N2O6. The van der Waals surface area contributed by atoms with Gasteiger partial charge in [0.1, 0.15) is 0 Å². The van der Waals surface area contributed by atoms with E-state index in [4.69, 9.17) is 18.9 Å². The second-order valence-electron chi connectivity index (χ2n) is 7.57. The number of benzene rings is 1. The van der Waals surface area contributed by atoms with Crippen molar-refractivity contribution in [1.82, 2.24) is 10.6 Å². The fourth-order valence-corrected chi connectivity index (χ4v) is 3.21. The number of rotatable bonds is 9. The van der Waals surface area contributed by atoms with Crippen LogP contribution in [-0.4, -0.2) is 38.9 Å². The normalized spacial score (nSPS) is 16.3. The zero-order valence-electron chi connectivity index (χ0n) is 18.8. The summed E-state index contributed by atoms with van der Waals surface area (Å²) in [4.78, 5) is 25.3. The highest BCUT2D eigenvalue weighted by atomic mass is 16.5. The second kappa shape index (κ2) is 10.2. The van der Waals surface area contributed by atoms with Gasteiger partial charge >= 0.3 is 12.0 Å². The van der Waals surface area contributed by atoms with Gasteiger partial charge in [-0.3, -0.25) is 0 Å². The van der Waals surface area contributed by atoms with Crippen molar-refractivity contribution < 1.29 is 28.5 Å². The van der Waals surface area contributed by atoms with Crippen LogP contribution in [0.3, 0.4) is 0 Å². The summed E-state index contributed by atoms with van der Waals surface area (Å²) in [5.74, 6) is 0.798.